The van der Waals surface area contributed by atoms with Crippen LogP contribution >= 0.6 is 0 Å². The lowest BCUT2D eigenvalue weighted by Gasteiger charge is -2.15. The lowest BCUT2D eigenvalue weighted by molar-refractivity contribution is -0.159. The van der Waals surface area contributed by atoms with Gasteiger partial charge in [0.05, 0.1) is 0 Å². The molecule has 1 fully saturated rings. The number of benzene rings is 1. The lowest BCUT2D eigenvalue weighted by atomic mass is 10.1. The molecule has 22 heavy (non-hydrogen) atoms. The molecule has 0 spiro atoms. The van der Waals surface area contributed by atoms with Gasteiger partial charge in [-0.2, -0.15) is 18.2 Å². The zero-order valence-electron chi connectivity index (χ0n) is 11.3. The molecule has 3 rings (SSSR count). The summed E-state index contributed by atoms with van der Waals surface area (Å²) in [6.07, 6.45) is -3.15. The van der Waals surface area contributed by atoms with Crippen molar-refractivity contribution >= 4 is 5.91 Å². The van der Waals surface area contributed by atoms with E-state index in [9.17, 15) is 18.0 Å². The lowest BCUT2D eigenvalue weighted by Crippen LogP contribution is -2.31. The molecule has 1 aromatic carbocycles. The molecule has 0 radical (unpaired) electrons. The van der Waals surface area contributed by atoms with Gasteiger partial charge in [-0.1, -0.05) is 35.5 Å². The average Bonchev–Trinajstić information content (AvgIpc) is 3.21. The van der Waals surface area contributed by atoms with Gasteiger partial charge >= 0.3 is 12.1 Å². The standard InChI is InChI=1S/C14H12F3N3O2/c15-14(16,17)13-19-11(20-22-13)10(8-4-2-1-3-5-8)18-12(21)9-6-7-9/h1-5,9-10H,6-7H2,(H,18,21). The van der Waals surface area contributed by atoms with E-state index in [0.29, 0.717) is 5.56 Å². The third kappa shape index (κ3) is 3.10. The zero-order valence-corrected chi connectivity index (χ0v) is 11.3. The summed E-state index contributed by atoms with van der Waals surface area (Å²) in [5.41, 5.74) is 0.589. The fourth-order valence-electron chi connectivity index (χ4n) is 2.02. The van der Waals surface area contributed by atoms with E-state index in [4.69, 9.17) is 0 Å². The quantitative estimate of drug-likeness (QED) is 0.942. The van der Waals surface area contributed by atoms with E-state index in [0.717, 1.165) is 12.8 Å². The van der Waals surface area contributed by atoms with Crippen LogP contribution in [0.4, 0.5) is 13.2 Å². The van der Waals surface area contributed by atoms with E-state index in [1.807, 2.05) is 0 Å². The second-order valence-corrected chi connectivity index (χ2v) is 5.08. The van der Waals surface area contributed by atoms with Gasteiger partial charge < -0.3 is 9.84 Å². The number of carbonyl (C=O) groups excluding carboxylic acids is 1. The molecule has 1 N–H and O–H groups in total. The van der Waals surface area contributed by atoms with Crippen molar-refractivity contribution in [3.8, 4) is 0 Å². The molecule has 1 aliphatic rings. The number of hydrogen-bond donors (Lipinski definition) is 1. The summed E-state index contributed by atoms with van der Waals surface area (Å²) < 4.78 is 42.0. The van der Waals surface area contributed by atoms with Crippen LogP contribution in [0.5, 0.6) is 0 Å². The summed E-state index contributed by atoms with van der Waals surface area (Å²) >= 11 is 0. The maximum atomic E-state index is 12.6. The predicted molar refractivity (Wildman–Crippen MR) is 68.5 cm³/mol. The monoisotopic (exact) mass is 311 g/mol. The second kappa shape index (κ2) is 5.43. The van der Waals surface area contributed by atoms with Crippen LogP contribution < -0.4 is 5.32 Å². The maximum Gasteiger partial charge on any atom is 0.471 e. The van der Waals surface area contributed by atoms with Gasteiger partial charge in [-0.3, -0.25) is 4.79 Å². The molecule has 1 saturated carbocycles. The van der Waals surface area contributed by atoms with E-state index in [2.05, 4.69) is 20.0 Å². The van der Waals surface area contributed by atoms with E-state index in [-0.39, 0.29) is 17.6 Å². The second-order valence-electron chi connectivity index (χ2n) is 5.08. The zero-order chi connectivity index (χ0) is 15.7. The fourth-order valence-corrected chi connectivity index (χ4v) is 2.02. The summed E-state index contributed by atoms with van der Waals surface area (Å²) in [5, 5.41) is 6.06. The van der Waals surface area contributed by atoms with Gasteiger partial charge in [0.25, 0.3) is 0 Å². The van der Waals surface area contributed by atoms with Gasteiger partial charge in [0.2, 0.25) is 5.91 Å². The van der Waals surface area contributed by atoms with Crippen molar-refractivity contribution in [2.24, 2.45) is 5.92 Å². The molecule has 0 saturated heterocycles. The van der Waals surface area contributed by atoms with Gasteiger partial charge in [-0.15, -0.1) is 0 Å². The van der Waals surface area contributed by atoms with Crippen molar-refractivity contribution < 1.29 is 22.5 Å². The van der Waals surface area contributed by atoms with Gasteiger partial charge in [0, 0.05) is 5.92 Å². The normalized spacial score (nSPS) is 16.3. The van der Waals surface area contributed by atoms with Gasteiger partial charge in [-0.25, -0.2) is 0 Å². The molecule has 1 aliphatic carbocycles. The molecule has 1 unspecified atom stereocenters. The number of alkyl halides is 3. The van der Waals surface area contributed by atoms with Gasteiger partial charge in [0.1, 0.15) is 6.04 Å². The van der Waals surface area contributed by atoms with Gasteiger partial charge in [-0.05, 0) is 18.4 Å². The summed E-state index contributed by atoms with van der Waals surface area (Å²) in [6.45, 7) is 0. The van der Waals surface area contributed by atoms with Crippen LogP contribution in [0, 0.1) is 5.92 Å². The largest absolute Gasteiger partial charge is 0.471 e. The molecular formula is C14H12F3N3O2. The average molecular weight is 311 g/mol. The molecule has 1 aromatic heterocycles. The Morgan fingerprint density at radius 3 is 2.50 bits per heavy atom. The first-order chi connectivity index (χ1) is 10.4. The SMILES string of the molecule is O=C(NC(c1ccccc1)c1noc(C(F)(F)F)n1)C1CC1. The van der Waals surface area contributed by atoms with Crippen LogP contribution in [0.2, 0.25) is 0 Å². The maximum absolute atomic E-state index is 12.6. The third-order valence-corrected chi connectivity index (χ3v) is 3.31. The van der Waals surface area contributed by atoms with Crippen LogP contribution in [0.15, 0.2) is 34.9 Å². The Bertz CT molecular complexity index is 665. The van der Waals surface area contributed by atoms with Crippen LogP contribution in [-0.4, -0.2) is 16.0 Å². The highest BCUT2D eigenvalue weighted by Gasteiger charge is 2.40. The minimum absolute atomic E-state index is 0.0831. The Labute approximate surface area is 123 Å². The van der Waals surface area contributed by atoms with E-state index in [1.54, 1.807) is 30.3 Å². The number of nitrogens with zero attached hydrogens (tertiary/aromatic N) is 2. The molecule has 1 atom stereocenters. The molecule has 2 aromatic rings. The van der Waals surface area contributed by atoms with E-state index < -0.39 is 18.1 Å². The Morgan fingerprint density at radius 1 is 1.27 bits per heavy atom. The van der Waals surface area contributed by atoms with Crippen molar-refractivity contribution in [1.82, 2.24) is 15.5 Å². The summed E-state index contributed by atoms with van der Waals surface area (Å²) in [5.74, 6) is -1.94. The minimum atomic E-state index is -4.72. The smallest absolute Gasteiger partial charge is 0.342 e. The third-order valence-electron chi connectivity index (χ3n) is 3.31. The number of carbonyl (C=O) groups is 1. The Balaban J connectivity index is 1.90. The van der Waals surface area contributed by atoms with Crippen molar-refractivity contribution in [1.29, 1.82) is 0 Å². The number of aromatic nitrogens is 2. The first kappa shape index (κ1) is 14.6. The predicted octanol–water partition coefficient (Wildman–Crippen LogP) is 2.70. The number of nitrogens with one attached hydrogen (secondary N) is 1. The van der Waals surface area contributed by atoms with Crippen LogP contribution in [0.1, 0.15) is 36.2 Å². The van der Waals surface area contributed by atoms with Crippen LogP contribution in [0.25, 0.3) is 0 Å². The highest BCUT2D eigenvalue weighted by molar-refractivity contribution is 5.81. The molecule has 1 amide bonds. The minimum Gasteiger partial charge on any atom is -0.342 e. The summed E-state index contributed by atoms with van der Waals surface area (Å²) in [7, 11) is 0. The summed E-state index contributed by atoms with van der Waals surface area (Å²) in [4.78, 5) is 15.3. The molecule has 116 valence electrons. The number of amides is 1. The van der Waals surface area contributed by atoms with Crippen LogP contribution in [0.3, 0.4) is 0 Å². The molecule has 1 heterocycles. The number of rotatable bonds is 4. The molecule has 5 nitrogen and oxygen atoms in total. The summed E-state index contributed by atoms with van der Waals surface area (Å²) in [6, 6.07) is 7.70. The van der Waals surface area contributed by atoms with Crippen molar-refractivity contribution in [3.63, 3.8) is 0 Å². The highest BCUT2D eigenvalue weighted by Crippen LogP contribution is 2.32. The van der Waals surface area contributed by atoms with Crippen molar-refractivity contribution in [2.75, 3.05) is 0 Å². The number of halogens is 3. The molecule has 0 bridgehead atoms. The van der Waals surface area contributed by atoms with E-state index >= 15 is 0 Å². The molecule has 0 aliphatic heterocycles. The Hall–Kier alpha value is -2.38. The highest BCUT2D eigenvalue weighted by atomic mass is 19.4. The Morgan fingerprint density at radius 2 is 1.95 bits per heavy atom. The first-order valence-electron chi connectivity index (χ1n) is 6.71. The van der Waals surface area contributed by atoms with E-state index in [1.165, 1.54) is 0 Å². The fraction of sp³-hybridized carbons (Fsp3) is 0.357. The number of hydrogen-bond acceptors (Lipinski definition) is 4. The van der Waals surface area contributed by atoms with Crippen molar-refractivity contribution in [2.45, 2.75) is 25.1 Å². The molecule has 8 heteroatoms. The van der Waals surface area contributed by atoms with Crippen LogP contribution in [-0.2, 0) is 11.0 Å². The van der Waals surface area contributed by atoms with Gasteiger partial charge in [0.15, 0.2) is 5.82 Å². The first-order valence-corrected chi connectivity index (χ1v) is 6.71. The Kier molecular flexibility index (Phi) is 3.59. The topological polar surface area (TPSA) is 68.0 Å². The molecular weight excluding hydrogens is 299 g/mol. The van der Waals surface area contributed by atoms with Crippen molar-refractivity contribution in [3.05, 3.63) is 47.6 Å².